The summed E-state index contributed by atoms with van der Waals surface area (Å²) >= 11 is 0. The first-order valence-corrected chi connectivity index (χ1v) is 4.35. The van der Waals surface area contributed by atoms with Crippen molar-refractivity contribution in [2.45, 2.75) is 13.8 Å². The zero-order chi connectivity index (χ0) is 11.0. The molecule has 0 aliphatic carbocycles. The summed E-state index contributed by atoms with van der Waals surface area (Å²) < 4.78 is 10.1. The molecular formula is C10H9NO4. The van der Waals surface area contributed by atoms with Crippen molar-refractivity contribution in [3.8, 4) is 11.5 Å². The average Bonchev–Trinajstić information content (AvgIpc) is 2.71. The van der Waals surface area contributed by atoms with Crippen molar-refractivity contribution in [3.63, 3.8) is 0 Å². The van der Waals surface area contributed by atoms with Gasteiger partial charge in [0, 0.05) is 6.07 Å². The molecule has 2 heterocycles. The van der Waals surface area contributed by atoms with Crippen LogP contribution >= 0.6 is 0 Å². The molecule has 78 valence electrons. The number of aryl methyl sites for hydroxylation is 2. The molecule has 0 saturated heterocycles. The molecule has 0 fully saturated rings. The van der Waals surface area contributed by atoms with Gasteiger partial charge in [-0.1, -0.05) is 5.16 Å². The van der Waals surface area contributed by atoms with Crippen molar-refractivity contribution >= 4 is 5.97 Å². The molecule has 5 heteroatoms. The molecule has 2 rings (SSSR count). The van der Waals surface area contributed by atoms with Crippen LogP contribution in [0.4, 0.5) is 0 Å². The molecule has 0 aromatic carbocycles. The van der Waals surface area contributed by atoms with Crippen molar-refractivity contribution in [3.05, 3.63) is 29.2 Å². The SMILES string of the molecule is Cc1cc(-c2oc(C(=O)O)cc2C)on1. The Hall–Kier alpha value is -2.04. The lowest BCUT2D eigenvalue weighted by atomic mass is 10.2. The number of aromatic nitrogens is 1. The molecule has 0 aliphatic heterocycles. The second-order valence-electron chi connectivity index (χ2n) is 3.26. The smallest absolute Gasteiger partial charge is 0.371 e. The third-order valence-corrected chi connectivity index (χ3v) is 1.98. The van der Waals surface area contributed by atoms with Crippen molar-refractivity contribution in [1.29, 1.82) is 0 Å². The highest BCUT2D eigenvalue weighted by Gasteiger charge is 2.17. The van der Waals surface area contributed by atoms with Crippen LogP contribution in [0.1, 0.15) is 21.8 Å². The minimum Gasteiger partial charge on any atom is -0.475 e. The van der Waals surface area contributed by atoms with Crippen LogP contribution in [-0.2, 0) is 0 Å². The van der Waals surface area contributed by atoms with E-state index in [9.17, 15) is 4.79 Å². The third-order valence-electron chi connectivity index (χ3n) is 1.98. The molecule has 0 saturated carbocycles. The van der Waals surface area contributed by atoms with Crippen LogP contribution in [-0.4, -0.2) is 16.2 Å². The van der Waals surface area contributed by atoms with Gasteiger partial charge in [-0.2, -0.15) is 0 Å². The Morgan fingerprint density at radius 2 is 2.13 bits per heavy atom. The largest absolute Gasteiger partial charge is 0.475 e. The predicted molar refractivity (Wildman–Crippen MR) is 50.6 cm³/mol. The molecule has 2 aromatic rings. The fourth-order valence-electron chi connectivity index (χ4n) is 1.30. The van der Waals surface area contributed by atoms with Gasteiger partial charge in [0.05, 0.1) is 5.69 Å². The number of nitrogens with zero attached hydrogens (tertiary/aromatic N) is 1. The van der Waals surface area contributed by atoms with Gasteiger partial charge in [0.2, 0.25) is 11.5 Å². The molecule has 5 nitrogen and oxygen atoms in total. The van der Waals surface area contributed by atoms with Crippen molar-refractivity contribution in [2.75, 3.05) is 0 Å². The van der Waals surface area contributed by atoms with Crippen molar-refractivity contribution in [1.82, 2.24) is 5.16 Å². The minimum atomic E-state index is -1.10. The molecule has 0 spiro atoms. The zero-order valence-corrected chi connectivity index (χ0v) is 8.27. The summed E-state index contributed by atoms with van der Waals surface area (Å²) in [6.45, 7) is 3.53. The quantitative estimate of drug-likeness (QED) is 0.817. The zero-order valence-electron chi connectivity index (χ0n) is 8.27. The third kappa shape index (κ3) is 1.63. The lowest BCUT2D eigenvalue weighted by molar-refractivity contribution is 0.0663. The molecule has 0 aliphatic rings. The molecule has 0 amide bonds. The number of rotatable bonds is 2. The number of aromatic carboxylic acids is 1. The molecule has 0 radical (unpaired) electrons. The van der Waals surface area contributed by atoms with E-state index in [1.54, 1.807) is 19.9 Å². The number of carboxylic acid groups (broad SMARTS) is 1. The van der Waals surface area contributed by atoms with E-state index in [4.69, 9.17) is 14.0 Å². The van der Waals surface area contributed by atoms with E-state index in [0.717, 1.165) is 5.69 Å². The van der Waals surface area contributed by atoms with E-state index in [0.29, 0.717) is 17.1 Å². The van der Waals surface area contributed by atoms with Gasteiger partial charge in [0.25, 0.3) is 0 Å². The fraction of sp³-hybridized carbons (Fsp3) is 0.200. The van der Waals surface area contributed by atoms with E-state index < -0.39 is 5.97 Å². The number of carboxylic acids is 1. The van der Waals surface area contributed by atoms with Gasteiger partial charge < -0.3 is 14.0 Å². The van der Waals surface area contributed by atoms with Crippen LogP contribution in [0, 0.1) is 13.8 Å². The van der Waals surface area contributed by atoms with Crippen LogP contribution in [0.25, 0.3) is 11.5 Å². The predicted octanol–water partition coefficient (Wildman–Crippen LogP) is 2.25. The monoisotopic (exact) mass is 207 g/mol. The summed E-state index contributed by atoms with van der Waals surface area (Å²) in [4.78, 5) is 10.7. The number of hydrogen-bond acceptors (Lipinski definition) is 4. The molecule has 0 unspecified atom stereocenters. The van der Waals surface area contributed by atoms with Gasteiger partial charge in [0.1, 0.15) is 0 Å². The molecule has 0 atom stereocenters. The standard InChI is InChI=1S/C10H9NO4/c1-5-3-8(10(12)13)14-9(5)7-4-6(2)11-15-7/h3-4H,1-2H3,(H,12,13). The van der Waals surface area contributed by atoms with Gasteiger partial charge in [-0.25, -0.2) is 4.79 Å². The van der Waals surface area contributed by atoms with Crippen molar-refractivity contribution < 1.29 is 18.8 Å². The summed E-state index contributed by atoms with van der Waals surface area (Å²) in [5, 5.41) is 12.4. The highest BCUT2D eigenvalue weighted by Crippen LogP contribution is 2.27. The Bertz CT molecular complexity index is 509. The first-order chi connectivity index (χ1) is 7.08. The van der Waals surface area contributed by atoms with Crippen LogP contribution < -0.4 is 0 Å². The maximum absolute atomic E-state index is 10.7. The first-order valence-electron chi connectivity index (χ1n) is 4.35. The lowest BCUT2D eigenvalue weighted by Gasteiger charge is -1.89. The highest BCUT2D eigenvalue weighted by molar-refractivity contribution is 5.85. The van der Waals surface area contributed by atoms with E-state index >= 15 is 0 Å². The first kappa shape index (κ1) is 9.51. The topological polar surface area (TPSA) is 76.5 Å². The van der Waals surface area contributed by atoms with E-state index in [2.05, 4.69) is 5.16 Å². The second-order valence-corrected chi connectivity index (χ2v) is 3.26. The fourth-order valence-corrected chi connectivity index (χ4v) is 1.30. The lowest BCUT2D eigenvalue weighted by Crippen LogP contribution is -1.91. The number of furan rings is 1. The molecule has 1 N–H and O–H groups in total. The Balaban J connectivity index is 2.49. The normalized spacial score (nSPS) is 10.5. The Morgan fingerprint density at radius 1 is 1.40 bits per heavy atom. The number of hydrogen-bond donors (Lipinski definition) is 1. The highest BCUT2D eigenvalue weighted by atomic mass is 16.5. The van der Waals surface area contributed by atoms with Crippen LogP contribution in [0.2, 0.25) is 0 Å². The van der Waals surface area contributed by atoms with Gasteiger partial charge in [-0.15, -0.1) is 0 Å². The second kappa shape index (κ2) is 3.27. The summed E-state index contributed by atoms with van der Waals surface area (Å²) in [6.07, 6.45) is 0. The maximum atomic E-state index is 10.7. The van der Waals surface area contributed by atoms with Crippen LogP contribution in [0.15, 0.2) is 21.1 Å². The van der Waals surface area contributed by atoms with E-state index in [1.807, 2.05) is 0 Å². The van der Waals surface area contributed by atoms with Crippen LogP contribution in [0.5, 0.6) is 0 Å². The molecule has 15 heavy (non-hydrogen) atoms. The summed E-state index contributed by atoms with van der Waals surface area (Å²) in [7, 11) is 0. The summed E-state index contributed by atoms with van der Waals surface area (Å²) in [5.41, 5.74) is 1.43. The average molecular weight is 207 g/mol. The summed E-state index contributed by atoms with van der Waals surface area (Å²) in [6, 6.07) is 3.15. The minimum absolute atomic E-state index is 0.100. The van der Waals surface area contributed by atoms with E-state index in [-0.39, 0.29) is 5.76 Å². The van der Waals surface area contributed by atoms with Gasteiger partial charge in [0.15, 0.2) is 5.76 Å². The Labute approximate surface area is 85.3 Å². The van der Waals surface area contributed by atoms with Gasteiger partial charge in [-0.05, 0) is 25.5 Å². The molecular weight excluding hydrogens is 198 g/mol. The van der Waals surface area contributed by atoms with Crippen LogP contribution in [0.3, 0.4) is 0 Å². The van der Waals surface area contributed by atoms with Gasteiger partial charge >= 0.3 is 5.97 Å². The summed E-state index contributed by atoms with van der Waals surface area (Å²) in [5.74, 6) is -0.345. The number of carbonyl (C=O) groups is 1. The van der Waals surface area contributed by atoms with Crippen molar-refractivity contribution in [2.24, 2.45) is 0 Å². The maximum Gasteiger partial charge on any atom is 0.371 e. The van der Waals surface area contributed by atoms with Gasteiger partial charge in [-0.3, -0.25) is 0 Å². The molecule has 2 aromatic heterocycles. The Kier molecular flexibility index (Phi) is 2.07. The molecule has 0 bridgehead atoms. The Morgan fingerprint density at radius 3 is 2.60 bits per heavy atom. The van der Waals surface area contributed by atoms with E-state index in [1.165, 1.54) is 6.07 Å².